The van der Waals surface area contributed by atoms with Gasteiger partial charge in [0.15, 0.2) is 6.61 Å². The maximum atomic E-state index is 12.7. The molecule has 1 amide bonds. The molecule has 1 aromatic carbocycles. The molecule has 0 saturated heterocycles. The van der Waals surface area contributed by atoms with Crippen molar-refractivity contribution in [2.75, 3.05) is 11.9 Å². The maximum Gasteiger partial charge on any atom is 0.416 e. The van der Waals surface area contributed by atoms with Crippen molar-refractivity contribution >= 4 is 52.4 Å². The Labute approximate surface area is 150 Å². The van der Waals surface area contributed by atoms with Crippen molar-refractivity contribution in [1.29, 1.82) is 0 Å². The largest absolute Gasteiger partial charge is 0.455 e. The number of esters is 1. The number of ether oxygens (including phenoxy) is 1. The molecule has 0 aliphatic heterocycles. The third-order valence-electron chi connectivity index (χ3n) is 3.61. The van der Waals surface area contributed by atoms with Crippen LogP contribution in [0.25, 0.3) is 0 Å². The fourth-order valence-corrected chi connectivity index (χ4v) is 2.75. The van der Waals surface area contributed by atoms with Crippen LogP contribution in [0.15, 0.2) is 18.2 Å². The lowest BCUT2D eigenvalue weighted by Crippen LogP contribution is -2.27. The number of benzene rings is 1. The molecule has 1 saturated carbocycles. The van der Waals surface area contributed by atoms with Crippen LogP contribution in [-0.2, 0) is 20.5 Å². The summed E-state index contributed by atoms with van der Waals surface area (Å²) in [6, 6.07) is 2.48. The van der Waals surface area contributed by atoms with Crippen molar-refractivity contribution in [3.63, 3.8) is 0 Å². The summed E-state index contributed by atoms with van der Waals surface area (Å²) in [7, 11) is 0. The summed E-state index contributed by atoms with van der Waals surface area (Å²) in [6.07, 6.45) is -4.40. The van der Waals surface area contributed by atoms with Crippen molar-refractivity contribution in [3.8, 4) is 0 Å². The second-order valence-electron chi connectivity index (χ2n) is 5.53. The molecule has 1 aliphatic carbocycles. The number of amides is 1. The van der Waals surface area contributed by atoms with Gasteiger partial charge >= 0.3 is 12.1 Å². The minimum atomic E-state index is -4.58. The maximum absolute atomic E-state index is 12.7. The highest BCUT2D eigenvalue weighted by Crippen LogP contribution is 2.64. The molecular formula is C14H11Cl3F3NO3. The third kappa shape index (κ3) is 3.90. The molecular weight excluding hydrogens is 394 g/mol. The molecule has 1 aromatic rings. The van der Waals surface area contributed by atoms with Crippen molar-refractivity contribution in [3.05, 3.63) is 28.8 Å². The second-order valence-corrected chi connectivity index (χ2v) is 7.42. The summed E-state index contributed by atoms with van der Waals surface area (Å²) in [5, 5.41) is 2.07. The van der Waals surface area contributed by atoms with Gasteiger partial charge in [-0.15, -0.1) is 23.2 Å². The third-order valence-corrected chi connectivity index (χ3v) is 5.04. The van der Waals surface area contributed by atoms with Crippen LogP contribution in [0.2, 0.25) is 5.02 Å². The van der Waals surface area contributed by atoms with Crippen LogP contribution >= 0.6 is 34.8 Å². The quantitative estimate of drug-likeness (QED) is 0.597. The molecule has 0 unspecified atom stereocenters. The number of hydrogen-bond donors (Lipinski definition) is 1. The van der Waals surface area contributed by atoms with Gasteiger partial charge < -0.3 is 10.1 Å². The van der Waals surface area contributed by atoms with E-state index in [1.807, 2.05) is 0 Å². The van der Waals surface area contributed by atoms with Crippen LogP contribution in [0.1, 0.15) is 18.9 Å². The standard InChI is InChI=1S/C14H11Cl3F3NO3/c1-12(6-13(12,16)17)11(23)24-5-10(22)21-9-4-7(14(18,19)20)2-3-8(9)15/h2-4H,5-6H2,1H3,(H,21,22)/t12-/m0/s1. The smallest absolute Gasteiger partial charge is 0.416 e. The lowest BCUT2D eigenvalue weighted by Gasteiger charge is -2.13. The van der Waals surface area contributed by atoms with Crippen molar-refractivity contribution in [2.24, 2.45) is 5.41 Å². The number of hydrogen-bond acceptors (Lipinski definition) is 3. The SMILES string of the molecule is C[C@@]1(C(=O)OCC(=O)Nc2cc(C(F)(F)F)ccc2Cl)CC1(Cl)Cl. The first kappa shape index (κ1) is 19.1. The number of carbonyl (C=O) groups is 2. The molecule has 2 rings (SSSR count). The summed E-state index contributed by atoms with van der Waals surface area (Å²) in [5.41, 5.74) is -2.32. The molecule has 1 atom stereocenters. The Morgan fingerprint density at radius 1 is 1.33 bits per heavy atom. The van der Waals surface area contributed by atoms with Gasteiger partial charge in [0.25, 0.3) is 5.91 Å². The highest BCUT2D eigenvalue weighted by molar-refractivity contribution is 6.53. The fraction of sp³-hybridized carbons (Fsp3) is 0.429. The predicted octanol–water partition coefficient (Wildman–Crippen LogP) is 4.42. The number of rotatable bonds is 4. The average Bonchev–Trinajstić information content (AvgIpc) is 2.97. The molecule has 1 N–H and O–H groups in total. The van der Waals surface area contributed by atoms with Crippen LogP contribution in [0.4, 0.5) is 18.9 Å². The predicted molar refractivity (Wildman–Crippen MR) is 83.2 cm³/mol. The van der Waals surface area contributed by atoms with Crippen LogP contribution in [-0.4, -0.2) is 22.8 Å². The van der Waals surface area contributed by atoms with Gasteiger partial charge in [0.05, 0.1) is 16.3 Å². The zero-order chi connectivity index (χ0) is 18.3. The Kier molecular flexibility index (Phi) is 5.01. The number of carbonyl (C=O) groups excluding carboxylic acids is 2. The first-order valence-electron chi connectivity index (χ1n) is 6.58. The molecule has 132 valence electrons. The van der Waals surface area contributed by atoms with Crippen molar-refractivity contribution in [2.45, 2.75) is 23.9 Å². The van der Waals surface area contributed by atoms with Crippen LogP contribution in [0.5, 0.6) is 0 Å². The molecule has 0 heterocycles. The summed E-state index contributed by atoms with van der Waals surface area (Å²) in [5.74, 6) is -1.61. The van der Waals surface area contributed by atoms with Gasteiger partial charge in [-0.25, -0.2) is 0 Å². The van der Waals surface area contributed by atoms with Gasteiger partial charge in [-0.05, 0) is 25.1 Å². The van der Waals surface area contributed by atoms with E-state index in [0.29, 0.717) is 6.07 Å². The van der Waals surface area contributed by atoms with Gasteiger partial charge in [0.2, 0.25) is 0 Å². The molecule has 4 nitrogen and oxygen atoms in total. The monoisotopic (exact) mass is 403 g/mol. The Morgan fingerprint density at radius 3 is 2.42 bits per heavy atom. The topological polar surface area (TPSA) is 55.4 Å². The van der Waals surface area contributed by atoms with E-state index in [2.05, 4.69) is 5.32 Å². The van der Waals surface area contributed by atoms with E-state index in [0.717, 1.165) is 12.1 Å². The zero-order valence-corrected chi connectivity index (χ0v) is 14.4. The van der Waals surface area contributed by atoms with Crippen molar-refractivity contribution in [1.82, 2.24) is 0 Å². The molecule has 0 aromatic heterocycles. The minimum Gasteiger partial charge on any atom is -0.455 e. The average molecular weight is 405 g/mol. The summed E-state index contributed by atoms with van der Waals surface area (Å²) in [6.45, 7) is 0.780. The van der Waals surface area contributed by atoms with E-state index in [9.17, 15) is 22.8 Å². The fourth-order valence-electron chi connectivity index (χ4n) is 1.90. The lowest BCUT2D eigenvalue weighted by molar-refractivity contribution is -0.152. The molecule has 0 radical (unpaired) electrons. The molecule has 1 aliphatic rings. The Balaban J connectivity index is 1.97. The number of anilines is 1. The normalized spacial score (nSPS) is 22.0. The van der Waals surface area contributed by atoms with Gasteiger partial charge in [0.1, 0.15) is 9.75 Å². The number of halogens is 6. The van der Waals surface area contributed by atoms with E-state index in [-0.39, 0.29) is 17.1 Å². The zero-order valence-electron chi connectivity index (χ0n) is 12.1. The molecule has 0 spiro atoms. The second kappa shape index (κ2) is 6.28. The molecule has 1 fully saturated rings. The lowest BCUT2D eigenvalue weighted by atomic mass is 10.1. The summed E-state index contributed by atoms with van der Waals surface area (Å²) >= 11 is 17.4. The number of alkyl halides is 5. The first-order valence-corrected chi connectivity index (χ1v) is 7.72. The Hall–Kier alpha value is -1.18. The Bertz CT molecular complexity index is 694. The summed E-state index contributed by atoms with van der Waals surface area (Å²) in [4.78, 5) is 23.6. The number of nitrogens with one attached hydrogen (secondary N) is 1. The van der Waals surface area contributed by atoms with E-state index < -0.39 is 40.0 Å². The minimum absolute atomic E-state index is 0.0858. The van der Waals surface area contributed by atoms with E-state index in [1.165, 1.54) is 6.92 Å². The van der Waals surface area contributed by atoms with Gasteiger partial charge in [-0.2, -0.15) is 13.2 Å². The van der Waals surface area contributed by atoms with E-state index in [1.54, 1.807) is 0 Å². The molecule has 10 heteroatoms. The van der Waals surface area contributed by atoms with Crippen LogP contribution < -0.4 is 5.32 Å². The van der Waals surface area contributed by atoms with Crippen LogP contribution in [0.3, 0.4) is 0 Å². The molecule has 24 heavy (non-hydrogen) atoms. The molecule has 0 bridgehead atoms. The highest BCUT2D eigenvalue weighted by Gasteiger charge is 2.69. The van der Waals surface area contributed by atoms with Gasteiger partial charge in [-0.3, -0.25) is 9.59 Å². The highest BCUT2D eigenvalue weighted by atomic mass is 35.5. The van der Waals surface area contributed by atoms with E-state index in [4.69, 9.17) is 39.5 Å². The van der Waals surface area contributed by atoms with Gasteiger partial charge in [-0.1, -0.05) is 11.6 Å². The van der Waals surface area contributed by atoms with E-state index >= 15 is 0 Å². The van der Waals surface area contributed by atoms with Crippen LogP contribution in [0, 0.1) is 5.41 Å². The van der Waals surface area contributed by atoms with Gasteiger partial charge in [0, 0.05) is 6.42 Å². The first-order chi connectivity index (χ1) is 10.9. The summed E-state index contributed by atoms with van der Waals surface area (Å²) < 4.78 is 41.5. The van der Waals surface area contributed by atoms with Crippen molar-refractivity contribution < 1.29 is 27.5 Å². The Morgan fingerprint density at radius 2 is 1.92 bits per heavy atom.